The number of likely N-dealkylation sites (tertiary alicyclic amines) is 1. The van der Waals surface area contributed by atoms with Gasteiger partial charge in [-0.3, -0.25) is 9.69 Å². The number of imide groups is 1. The molecule has 0 radical (unpaired) electrons. The number of fused-ring (bicyclic) bond motifs is 1. The van der Waals surface area contributed by atoms with E-state index in [0.29, 0.717) is 32.1 Å². The molecule has 2 aliphatic heterocycles. The average Bonchev–Trinajstić information content (AvgIpc) is 3.38. The van der Waals surface area contributed by atoms with Crippen molar-refractivity contribution in [2.45, 2.75) is 32.5 Å². The number of carbonyl (C=O) groups excluding carboxylic acids is 2. The van der Waals surface area contributed by atoms with Gasteiger partial charge in [-0.15, -0.1) is 0 Å². The minimum Gasteiger partial charge on any atom is -0.465 e. The summed E-state index contributed by atoms with van der Waals surface area (Å²) in [6.07, 6.45) is 4.10. The summed E-state index contributed by atoms with van der Waals surface area (Å²) in [7, 11) is 0. The summed E-state index contributed by atoms with van der Waals surface area (Å²) >= 11 is 0. The third-order valence-electron chi connectivity index (χ3n) is 6.83. The molecule has 9 nitrogen and oxygen atoms in total. The van der Waals surface area contributed by atoms with Crippen LogP contribution in [0.4, 0.5) is 9.59 Å². The van der Waals surface area contributed by atoms with Crippen LogP contribution in [0.1, 0.15) is 24.1 Å². The fourth-order valence-electron chi connectivity index (χ4n) is 4.90. The molecule has 0 atom stereocenters. The van der Waals surface area contributed by atoms with Gasteiger partial charge in [0.2, 0.25) is 0 Å². The molecule has 176 valence electrons. The van der Waals surface area contributed by atoms with Crippen LogP contribution in [0, 0.1) is 5.92 Å². The van der Waals surface area contributed by atoms with Crippen LogP contribution in [-0.4, -0.2) is 67.0 Å². The van der Waals surface area contributed by atoms with E-state index in [1.54, 1.807) is 17.4 Å². The Morgan fingerprint density at radius 3 is 2.59 bits per heavy atom. The SMILES string of the molecule is O=C(O)N1CCC(Cn2cncc2CN2C(=O)CN(Cc3cccc4ccccc34)C2=O)CC1. The molecule has 0 saturated carbocycles. The zero-order valence-electron chi connectivity index (χ0n) is 18.8. The zero-order chi connectivity index (χ0) is 23.7. The number of rotatable bonds is 6. The first-order valence-corrected chi connectivity index (χ1v) is 11.5. The van der Waals surface area contributed by atoms with Crippen molar-refractivity contribution >= 4 is 28.8 Å². The second-order valence-corrected chi connectivity index (χ2v) is 9.01. The number of amides is 4. The lowest BCUT2D eigenvalue weighted by Crippen LogP contribution is -2.38. The standard InChI is InChI=1S/C25H27N5O4/c31-23-16-28(14-20-6-3-5-19-4-1-2-7-22(19)20)24(32)30(23)15-21-12-26-17-29(21)13-18-8-10-27(11-9-18)25(33)34/h1-7,12,17-18H,8-11,13-16H2,(H,33,34). The number of nitrogens with zero attached hydrogens (tertiary/aromatic N) is 5. The van der Waals surface area contributed by atoms with E-state index in [-0.39, 0.29) is 25.0 Å². The summed E-state index contributed by atoms with van der Waals surface area (Å²) in [6, 6.07) is 13.7. The zero-order valence-corrected chi connectivity index (χ0v) is 18.8. The first kappa shape index (κ1) is 21.9. The lowest BCUT2D eigenvalue weighted by Gasteiger charge is -2.30. The highest BCUT2D eigenvalue weighted by Gasteiger charge is 2.36. The van der Waals surface area contributed by atoms with Crippen LogP contribution >= 0.6 is 0 Å². The average molecular weight is 462 g/mol. The third-order valence-corrected chi connectivity index (χ3v) is 6.83. The van der Waals surface area contributed by atoms with E-state index in [1.807, 2.05) is 47.0 Å². The number of imidazole rings is 1. The normalized spacial score (nSPS) is 17.2. The fourth-order valence-corrected chi connectivity index (χ4v) is 4.90. The molecule has 0 spiro atoms. The molecular weight excluding hydrogens is 434 g/mol. The molecular formula is C25H27N5O4. The summed E-state index contributed by atoms with van der Waals surface area (Å²) in [5.74, 6) is 0.115. The van der Waals surface area contributed by atoms with Crippen molar-refractivity contribution in [2.24, 2.45) is 5.92 Å². The van der Waals surface area contributed by atoms with Gasteiger partial charge in [0.05, 0.1) is 18.6 Å². The number of hydrogen-bond acceptors (Lipinski definition) is 4. The lowest BCUT2D eigenvalue weighted by molar-refractivity contribution is -0.125. The van der Waals surface area contributed by atoms with Crippen molar-refractivity contribution in [2.75, 3.05) is 19.6 Å². The second kappa shape index (κ2) is 9.17. The monoisotopic (exact) mass is 461 g/mol. The summed E-state index contributed by atoms with van der Waals surface area (Å²) in [6.45, 7) is 2.36. The molecule has 2 aliphatic rings. The molecule has 0 unspecified atom stereocenters. The van der Waals surface area contributed by atoms with E-state index in [4.69, 9.17) is 5.11 Å². The fraction of sp³-hybridized carbons (Fsp3) is 0.360. The minimum absolute atomic E-state index is 0.0594. The molecule has 9 heteroatoms. The highest BCUT2D eigenvalue weighted by molar-refractivity contribution is 6.02. The van der Waals surface area contributed by atoms with E-state index >= 15 is 0 Å². The van der Waals surface area contributed by atoms with E-state index in [1.165, 1.54) is 9.80 Å². The number of carboxylic acid groups (broad SMARTS) is 1. The maximum Gasteiger partial charge on any atom is 0.407 e. The van der Waals surface area contributed by atoms with E-state index in [0.717, 1.165) is 34.9 Å². The lowest BCUT2D eigenvalue weighted by atomic mass is 9.97. The van der Waals surface area contributed by atoms with Gasteiger partial charge in [0.25, 0.3) is 5.91 Å². The first-order valence-electron chi connectivity index (χ1n) is 11.5. The van der Waals surface area contributed by atoms with Crippen molar-refractivity contribution in [3.05, 3.63) is 66.2 Å². The topological polar surface area (TPSA) is 99.0 Å². The Hall–Kier alpha value is -3.88. The molecule has 34 heavy (non-hydrogen) atoms. The predicted molar refractivity (Wildman–Crippen MR) is 125 cm³/mol. The van der Waals surface area contributed by atoms with Crippen LogP contribution in [0.25, 0.3) is 10.8 Å². The number of carbonyl (C=O) groups is 3. The van der Waals surface area contributed by atoms with Crippen molar-refractivity contribution in [3.63, 3.8) is 0 Å². The molecule has 1 aromatic heterocycles. The number of urea groups is 1. The Labute approximate surface area is 197 Å². The Balaban J connectivity index is 1.25. The van der Waals surface area contributed by atoms with Gasteiger partial charge in [0, 0.05) is 32.4 Å². The van der Waals surface area contributed by atoms with Gasteiger partial charge in [-0.05, 0) is 35.1 Å². The molecule has 4 amide bonds. The molecule has 3 heterocycles. The maximum absolute atomic E-state index is 13.1. The van der Waals surface area contributed by atoms with Gasteiger partial charge < -0.3 is 19.5 Å². The number of piperidine rings is 1. The Kier molecular flexibility index (Phi) is 5.91. The van der Waals surface area contributed by atoms with E-state index in [2.05, 4.69) is 4.98 Å². The van der Waals surface area contributed by atoms with Crippen LogP contribution in [0.5, 0.6) is 0 Å². The third kappa shape index (κ3) is 4.33. The van der Waals surface area contributed by atoms with Crippen LogP contribution in [0.15, 0.2) is 55.0 Å². The van der Waals surface area contributed by atoms with Crippen LogP contribution in [0.2, 0.25) is 0 Å². The Morgan fingerprint density at radius 2 is 1.79 bits per heavy atom. The predicted octanol–water partition coefficient (Wildman–Crippen LogP) is 3.39. The maximum atomic E-state index is 13.1. The smallest absolute Gasteiger partial charge is 0.407 e. The highest BCUT2D eigenvalue weighted by Crippen LogP contribution is 2.24. The molecule has 5 rings (SSSR count). The molecule has 2 saturated heterocycles. The van der Waals surface area contributed by atoms with Gasteiger partial charge in [-0.2, -0.15) is 0 Å². The summed E-state index contributed by atoms with van der Waals surface area (Å²) in [5, 5.41) is 11.3. The molecule has 3 aromatic rings. The Morgan fingerprint density at radius 1 is 1.03 bits per heavy atom. The highest BCUT2D eigenvalue weighted by atomic mass is 16.4. The summed E-state index contributed by atoms with van der Waals surface area (Å²) in [5.41, 5.74) is 1.81. The largest absolute Gasteiger partial charge is 0.465 e. The number of hydrogen-bond donors (Lipinski definition) is 1. The summed E-state index contributed by atoms with van der Waals surface area (Å²) in [4.78, 5) is 45.6. The molecule has 0 aliphatic carbocycles. The van der Waals surface area contributed by atoms with Gasteiger partial charge >= 0.3 is 12.1 Å². The second-order valence-electron chi connectivity index (χ2n) is 9.01. The van der Waals surface area contributed by atoms with Crippen LogP contribution in [-0.2, 0) is 24.4 Å². The molecule has 1 N–H and O–H groups in total. The van der Waals surface area contributed by atoms with Crippen molar-refractivity contribution < 1.29 is 19.5 Å². The molecule has 2 fully saturated rings. The summed E-state index contributed by atoms with van der Waals surface area (Å²) < 4.78 is 1.98. The van der Waals surface area contributed by atoms with Crippen molar-refractivity contribution in [3.8, 4) is 0 Å². The van der Waals surface area contributed by atoms with Crippen LogP contribution < -0.4 is 0 Å². The van der Waals surface area contributed by atoms with E-state index < -0.39 is 6.09 Å². The van der Waals surface area contributed by atoms with E-state index in [9.17, 15) is 14.4 Å². The minimum atomic E-state index is -0.874. The number of benzene rings is 2. The Bertz CT molecular complexity index is 1230. The number of aromatic nitrogens is 2. The quantitative estimate of drug-likeness (QED) is 0.568. The first-order chi connectivity index (χ1) is 16.5. The van der Waals surface area contributed by atoms with Gasteiger partial charge in [0.15, 0.2) is 0 Å². The van der Waals surface area contributed by atoms with Crippen molar-refractivity contribution in [1.82, 2.24) is 24.3 Å². The van der Waals surface area contributed by atoms with Crippen molar-refractivity contribution in [1.29, 1.82) is 0 Å². The van der Waals surface area contributed by atoms with Crippen LogP contribution in [0.3, 0.4) is 0 Å². The van der Waals surface area contributed by atoms with Gasteiger partial charge in [0.1, 0.15) is 6.54 Å². The molecule has 0 bridgehead atoms. The van der Waals surface area contributed by atoms with Gasteiger partial charge in [-0.25, -0.2) is 14.6 Å². The molecule has 2 aromatic carbocycles. The van der Waals surface area contributed by atoms with Gasteiger partial charge in [-0.1, -0.05) is 42.5 Å².